The SMILES string of the molecule is CC(C)(C)c1cc(F)c2c(=O)n(-c3cccc(-n4cc(C#N)cn4)c3CO)ncc2c1. The van der Waals surface area contributed by atoms with Gasteiger partial charge < -0.3 is 5.11 Å². The van der Waals surface area contributed by atoms with Crippen molar-refractivity contribution in [2.24, 2.45) is 0 Å². The van der Waals surface area contributed by atoms with Crippen LogP contribution < -0.4 is 5.56 Å². The van der Waals surface area contributed by atoms with E-state index in [0.717, 1.165) is 10.2 Å². The molecule has 2 aromatic carbocycles. The van der Waals surface area contributed by atoms with Gasteiger partial charge in [0.1, 0.15) is 11.9 Å². The summed E-state index contributed by atoms with van der Waals surface area (Å²) in [6.45, 7) is 5.49. The lowest BCUT2D eigenvalue weighted by Gasteiger charge is -2.20. The van der Waals surface area contributed by atoms with E-state index >= 15 is 0 Å². The Balaban J connectivity index is 1.94. The second-order valence-corrected chi connectivity index (χ2v) is 8.25. The highest BCUT2D eigenvalue weighted by Crippen LogP contribution is 2.27. The first-order chi connectivity index (χ1) is 14.7. The van der Waals surface area contributed by atoms with Crippen molar-refractivity contribution in [1.82, 2.24) is 19.6 Å². The molecule has 0 aliphatic carbocycles. The van der Waals surface area contributed by atoms with Gasteiger partial charge in [-0.2, -0.15) is 20.1 Å². The Morgan fingerprint density at radius 1 is 1.16 bits per heavy atom. The summed E-state index contributed by atoms with van der Waals surface area (Å²) in [5.41, 5.74) is 1.37. The zero-order valence-corrected chi connectivity index (χ0v) is 17.3. The number of fused-ring (bicyclic) bond motifs is 1. The molecule has 0 atom stereocenters. The van der Waals surface area contributed by atoms with Gasteiger partial charge >= 0.3 is 0 Å². The van der Waals surface area contributed by atoms with Crippen LogP contribution in [0.25, 0.3) is 22.1 Å². The first-order valence-electron chi connectivity index (χ1n) is 9.65. The van der Waals surface area contributed by atoms with Gasteiger partial charge in [0.2, 0.25) is 0 Å². The normalized spacial score (nSPS) is 11.6. The monoisotopic (exact) mass is 417 g/mol. The van der Waals surface area contributed by atoms with Crippen molar-refractivity contribution in [2.45, 2.75) is 32.8 Å². The first kappa shape index (κ1) is 20.4. The van der Waals surface area contributed by atoms with Crippen LogP contribution >= 0.6 is 0 Å². The van der Waals surface area contributed by atoms with Crippen LogP contribution in [0.15, 0.2) is 53.7 Å². The third-order valence-corrected chi connectivity index (χ3v) is 5.18. The minimum atomic E-state index is -0.625. The van der Waals surface area contributed by atoms with Gasteiger partial charge in [0.25, 0.3) is 5.56 Å². The zero-order chi connectivity index (χ0) is 22.3. The lowest BCUT2D eigenvalue weighted by atomic mass is 9.86. The maximum absolute atomic E-state index is 15.0. The Kier molecular flexibility index (Phi) is 4.91. The van der Waals surface area contributed by atoms with Crippen molar-refractivity contribution in [3.63, 3.8) is 0 Å². The summed E-state index contributed by atoms with van der Waals surface area (Å²) in [5.74, 6) is -0.615. The molecule has 31 heavy (non-hydrogen) atoms. The molecule has 8 heteroatoms. The quantitative estimate of drug-likeness (QED) is 0.551. The van der Waals surface area contributed by atoms with Gasteiger partial charge in [0.15, 0.2) is 0 Å². The van der Waals surface area contributed by atoms with Gasteiger partial charge in [0.05, 0.1) is 41.3 Å². The standard InChI is InChI=1S/C23H20FN5O2/c1-23(2,3)16-7-15-11-27-29(22(31)21(15)18(24)8-16)20-6-4-5-19(17(20)13-30)28-12-14(9-25)10-26-28/h4-8,10-12,30H,13H2,1-3H3. The Morgan fingerprint density at radius 2 is 1.90 bits per heavy atom. The average Bonchev–Trinajstić information content (AvgIpc) is 3.21. The number of hydrogen-bond donors (Lipinski definition) is 1. The Labute approximate surface area is 177 Å². The van der Waals surface area contributed by atoms with Crippen LogP contribution in [0.2, 0.25) is 0 Å². The molecule has 0 bridgehead atoms. The topological polar surface area (TPSA) is 96.7 Å². The molecule has 0 aliphatic rings. The number of aliphatic hydroxyl groups excluding tert-OH is 1. The third kappa shape index (κ3) is 3.49. The average molecular weight is 417 g/mol. The molecule has 0 fully saturated rings. The van der Waals surface area contributed by atoms with Gasteiger partial charge in [-0.05, 0) is 35.2 Å². The van der Waals surface area contributed by atoms with E-state index in [9.17, 15) is 14.3 Å². The number of benzene rings is 2. The molecular weight excluding hydrogens is 397 g/mol. The molecule has 0 spiro atoms. The molecule has 0 unspecified atom stereocenters. The molecule has 1 N–H and O–H groups in total. The van der Waals surface area contributed by atoms with Crippen molar-refractivity contribution < 1.29 is 9.50 Å². The van der Waals surface area contributed by atoms with Gasteiger partial charge in [0, 0.05) is 17.1 Å². The highest BCUT2D eigenvalue weighted by atomic mass is 19.1. The number of hydrogen-bond acceptors (Lipinski definition) is 5. The van der Waals surface area contributed by atoms with Crippen LogP contribution in [-0.4, -0.2) is 24.7 Å². The Bertz CT molecular complexity index is 1410. The van der Waals surface area contributed by atoms with E-state index in [0.29, 0.717) is 27.9 Å². The molecule has 0 saturated heterocycles. The van der Waals surface area contributed by atoms with E-state index < -0.39 is 18.0 Å². The van der Waals surface area contributed by atoms with E-state index in [4.69, 9.17) is 5.26 Å². The smallest absolute Gasteiger partial charge is 0.282 e. The van der Waals surface area contributed by atoms with Crippen molar-refractivity contribution in [1.29, 1.82) is 5.26 Å². The highest BCUT2D eigenvalue weighted by Gasteiger charge is 2.20. The first-order valence-corrected chi connectivity index (χ1v) is 9.65. The maximum Gasteiger partial charge on any atom is 0.282 e. The molecule has 0 radical (unpaired) electrons. The number of nitrogens with zero attached hydrogens (tertiary/aromatic N) is 5. The zero-order valence-electron chi connectivity index (χ0n) is 17.3. The van der Waals surface area contributed by atoms with Gasteiger partial charge in [-0.3, -0.25) is 4.79 Å². The lowest BCUT2D eigenvalue weighted by Crippen LogP contribution is -2.24. The second-order valence-electron chi connectivity index (χ2n) is 8.25. The molecule has 0 saturated carbocycles. The van der Waals surface area contributed by atoms with Gasteiger partial charge in [-0.1, -0.05) is 26.8 Å². The van der Waals surface area contributed by atoms with Crippen LogP contribution in [0.3, 0.4) is 0 Å². The molecule has 0 aliphatic heterocycles. The van der Waals surface area contributed by atoms with E-state index in [-0.39, 0.29) is 10.8 Å². The summed E-state index contributed by atoms with van der Waals surface area (Å²) in [6.07, 6.45) is 4.36. The number of nitriles is 1. The summed E-state index contributed by atoms with van der Waals surface area (Å²) in [4.78, 5) is 13.2. The van der Waals surface area contributed by atoms with Crippen molar-refractivity contribution in [2.75, 3.05) is 0 Å². The summed E-state index contributed by atoms with van der Waals surface area (Å²) >= 11 is 0. The fourth-order valence-electron chi connectivity index (χ4n) is 3.49. The van der Waals surface area contributed by atoms with Crippen molar-refractivity contribution in [3.8, 4) is 17.4 Å². The van der Waals surface area contributed by atoms with Crippen molar-refractivity contribution >= 4 is 10.8 Å². The molecule has 0 amide bonds. The van der Waals surface area contributed by atoms with E-state index in [1.807, 2.05) is 26.8 Å². The molecule has 156 valence electrons. The van der Waals surface area contributed by atoms with Gasteiger partial charge in [-0.15, -0.1) is 0 Å². The molecule has 2 heterocycles. The summed E-state index contributed by atoms with van der Waals surface area (Å²) in [7, 11) is 0. The Morgan fingerprint density at radius 3 is 2.55 bits per heavy atom. The molecule has 2 aromatic heterocycles. The fraction of sp³-hybridized carbons (Fsp3) is 0.217. The number of rotatable bonds is 3. The predicted octanol–water partition coefficient (Wildman–Crippen LogP) is 3.37. The minimum absolute atomic E-state index is 0.0665. The summed E-state index contributed by atoms with van der Waals surface area (Å²) in [6, 6.07) is 10.1. The van der Waals surface area contributed by atoms with E-state index in [1.165, 1.54) is 29.3 Å². The van der Waals surface area contributed by atoms with Crippen molar-refractivity contribution in [3.05, 3.63) is 81.8 Å². The van der Waals surface area contributed by atoms with E-state index in [2.05, 4.69) is 10.2 Å². The largest absolute Gasteiger partial charge is 0.392 e. The number of aliphatic hydroxyl groups is 1. The third-order valence-electron chi connectivity index (χ3n) is 5.18. The van der Waals surface area contributed by atoms with Crippen LogP contribution in [0.5, 0.6) is 0 Å². The second kappa shape index (κ2) is 7.45. The van der Waals surface area contributed by atoms with Crippen LogP contribution in [0.1, 0.15) is 37.5 Å². The predicted molar refractivity (Wildman–Crippen MR) is 114 cm³/mol. The van der Waals surface area contributed by atoms with E-state index in [1.54, 1.807) is 24.3 Å². The maximum atomic E-state index is 15.0. The summed E-state index contributed by atoms with van der Waals surface area (Å²) < 4.78 is 17.5. The highest BCUT2D eigenvalue weighted by molar-refractivity contribution is 5.82. The number of aromatic nitrogens is 4. The molecule has 4 rings (SSSR count). The lowest BCUT2D eigenvalue weighted by molar-refractivity contribution is 0.280. The number of halogens is 1. The molecule has 7 nitrogen and oxygen atoms in total. The van der Waals surface area contributed by atoms with Crippen LogP contribution in [-0.2, 0) is 12.0 Å². The van der Waals surface area contributed by atoms with Gasteiger partial charge in [-0.25, -0.2) is 9.07 Å². The minimum Gasteiger partial charge on any atom is -0.392 e. The summed E-state index contributed by atoms with van der Waals surface area (Å²) in [5, 5.41) is 27.8. The molecular formula is C23H20FN5O2. The molecule has 4 aromatic rings. The van der Waals surface area contributed by atoms with Crippen LogP contribution in [0.4, 0.5) is 4.39 Å². The fourth-order valence-corrected chi connectivity index (χ4v) is 3.49. The van der Waals surface area contributed by atoms with Crippen LogP contribution in [0, 0.1) is 17.1 Å². The Hall–Kier alpha value is -3.83.